The number of nitrogens with one attached hydrogen (secondary N) is 2. The number of nitrogens with zero attached hydrogens (tertiary/aromatic N) is 3. The highest BCUT2D eigenvalue weighted by atomic mass is 32.1. The topological polar surface area (TPSA) is 71.4 Å². The van der Waals surface area contributed by atoms with Gasteiger partial charge in [-0.1, -0.05) is 30.3 Å². The van der Waals surface area contributed by atoms with Crippen molar-refractivity contribution >= 4 is 17.3 Å². The highest BCUT2D eigenvalue weighted by Crippen LogP contribution is 2.13. The fraction of sp³-hybridized carbons (Fsp3) is 0.318. The lowest BCUT2D eigenvalue weighted by molar-refractivity contribution is 0.293. The van der Waals surface area contributed by atoms with Crippen LogP contribution in [-0.4, -0.2) is 29.0 Å². The maximum absolute atomic E-state index is 5.81. The molecule has 2 N–H and O–H groups in total. The molecule has 0 aliphatic carbocycles. The maximum atomic E-state index is 5.81. The van der Waals surface area contributed by atoms with Gasteiger partial charge in [-0.05, 0) is 31.0 Å². The Morgan fingerprint density at radius 3 is 2.72 bits per heavy atom. The van der Waals surface area contributed by atoms with Crippen molar-refractivity contribution in [3.63, 3.8) is 0 Å². The molecule has 2 heterocycles. The lowest BCUT2D eigenvalue weighted by Gasteiger charge is -2.11. The van der Waals surface area contributed by atoms with Crippen LogP contribution in [0.25, 0.3) is 0 Å². The number of aromatic nitrogens is 2. The molecule has 0 bridgehead atoms. The van der Waals surface area contributed by atoms with Crippen molar-refractivity contribution in [1.29, 1.82) is 0 Å². The van der Waals surface area contributed by atoms with Gasteiger partial charge in [-0.3, -0.25) is 0 Å². The minimum absolute atomic E-state index is 0.501. The molecule has 1 aromatic carbocycles. The maximum Gasteiger partial charge on any atom is 0.213 e. The molecule has 3 rings (SSSR count). The summed E-state index contributed by atoms with van der Waals surface area (Å²) in [5.41, 5.74) is 2.17. The lowest BCUT2D eigenvalue weighted by Crippen LogP contribution is -2.38. The Morgan fingerprint density at radius 1 is 1.10 bits per heavy atom. The van der Waals surface area contributed by atoms with Gasteiger partial charge in [-0.2, -0.15) is 0 Å². The average molecular weight is 410 g/mol. The first kappa shape index (κ1) is 20.8. The van der Waals surface area contributed by atoms with Gasteiger partial charge < -0.3 is 15.4 Å². The Kier molecular flexibility index (Phi) is 8.01. The molecule has 0 atom stereocenters. The second-order valence-electron chi connectivity index (χ2n) is 6.51. The fourth-order valence-electron chi connectivity index (χ4n) is 2.68. The third-order valence-electron chi connectivity index (χ3n) is 4.09. The van der Waals surface area contributed by atoms with Gasteiger partial charge in [0.15, 0.2) is 5.96 Å². The molecule has 0 fully saturated rings. The van der Waals surface area contributed by atoms with Crippen molar-refractivity contribution in [2.24, 2.45) is 4.99 Å². The van der Waals surface area contributed by atoms with Crippen molar-refractivity contribution < 1.29 is 4.74 Å². The Balaban J connectivity index is 1.52. The van der Waals surface area contributed by atoms with E-state index in [1.54, 1.807) is 17.5 Å². The zero-order valence-corrected chi connectivity index (χ0v) is 17.7. The minimum Gasteiger partial charge on any atom is -0.473 e. The molecule has 0 amide bonds. The zero-order chi connectivity index (χ0) is 20.3. The summed E-state index contributed by atoms with van der Waals surface area (Å²) in [5.74, 6) is 1.41. The average Bonchev–Trinajstić information content (AvgIpc) is 3.16. The lowest BCUT2D eigenvalue weighted by atomic mass is 10.2. The van der Waals surface area contributed by atoms with E-state index in [9.17, 15) is 0 Å². The molecular weight excluding hydrogens is 382 g/mol. The quantitative estimate of drug-likeness (QED) is 0.416. The van der Waals surface area contributed by atoms with Gasteiger partial charge in [0.1, 0.15) is 6.61 Å². The van der Waals surface area contributed by atoms with Gasteiger partial charge in [-0.15, -0.1) is 11.3 Å². The van der Waals surface area contributed by atoms with E-state index in [4.69, 9.17) is 4.74 Å². The number of aliphatic imine (C=N–C) groups is 1. The van der Waals surface area contributed by atoms with E-state index in [2.05, 4.69) is 39.4 Å². The smallest absolute Gasteiger partial charge is 0.213 e. The van der Waals surface area contributed by atoms with Crippen molar-refractivity contribution in [1.82, 2.24) is 20.6 Å². The van der Waals surface area contributed by atoms with Gasteiger partial charge in [0.2, 0.25) is 5.88 Å². The molecule has 0 spiro atoms. The van der Waals surface area contributed by atoms with Crippen LogP contribution in [-0.2, 0) is 19.6 Å². The van der Waals surface area contributed by atoms with Crippen LogP contribution in [0.3, 0.4) is 0 Å². The summed E-state index contributed by atoms with van der Waals surface area (Å²) in [6, 6.07) is 14.0. The number of aryl methyl sites for hydroxylation is 1. The summed E-state index contributed by atoms with van der Waals surface area (Å²) in [5, 5.41) is 7.79. The van der Waals surface area contributed by atoms with Crippen molar-refractivity contribution in [3.05, 3.63) is 75.9 Å². The Morgan fingerprint density at radius 2 is 1.97 bits per heavy atom. The van der Waals surface area contributed by atoms with E-state index in [1.807, 2.05) is 48.7 Å². The largest absolute Gasteiger partial charge is 0.473 e. The van der Waals surface area contributed by atoms with Crippen LogP contribution in [0, 0.1) is 6.92 Å². The predicted octanol–water partition coefficient (Wildman–Crippen LogP) is 3.72. The van der Waals surface area contributed by atoms with Crippen LogP contribution in [0.15, 0.2) is 59.9 Å². The van der Waals surface area contributed by atoms with Gasteiger partial charge in [0.25, 0.3) is 0 Å². The van der Waals surface area contributed by atoms with Crippen LogP contribution >= 0.6 is 11.3 Å². The van der Waals surface area contributed by atoms with Crippen LogP contribution in [0.4, 0.5) is 0 Å². The van der Waals surface area contributed by atoms with Crippen LogP contribution in [0.1, 0.15) is 27.9 Å². The van der Waals surface area contributed by atoms with Gasteiger partial charge in [-0.25, -0.2) is 15.0 Å². The second-order valence-corrected chi connectivity index (χ2v) is 7.83. The summed E-state index contributed by atoms with van der Waals surface area (Å²) >= 11 is 1.74. The molecule has 0 aliphatic rings. The second kappa shape index (κ2) is 11.2. The summed E-state index contributed by atoms with van der Waals surface area (Å²) in [7, 11) is 0. The SMILES string of the molecule is CCNC(=NCc1ccnc(OCc2ccccc2)c1)NCCc1ncc(C)s1. The van der Waals surface area contributed by atoms with Gasteiger partial charge >= 0.3 is 0 Å². The predicted molar refractivity (Wildman–Crippen MR) is 118 cm³/mol. The Labute approximate surface area is 176 Å². The monoisotopic (exact) mass is 409 g/mol. The van der Waals surface area contributed by atoms with Crippen LogP contribution in [0.2, 0.25) is 0 Å². The Bertz CT molecular complexity index is 910. The molecular formula is C22H27N5OS. The van der Waals surface area contributed by atoms with Crippen LogP contribution < -0.4 is 15.4 Å². The summed E-state index contributed by atoms with van der Waals surface area (Å²) in [4.78, 5) is 14.6. The number of pyridine rings is 1. The van der Waals surface area contributed by atoms with E-state index < -0.39 is 0 Å². The van der Waals surface area contributed by atoms with E-state index in [0.29, 0.717) is 19.0 Å². The first-order chi connectivity index (χ1) is 14.2. The molecule has 0 saturated carbocycles. The fourth-order valence-corrected chi connectivity index (χ4v) is 3.46. The highest BCUT2D eigenvalue weighted by molar-refractivity contribution is 7.11. The van der Waals surface area contributed by atoms with Crippen molar-refractivity contribution in [2.45, 2.75) is 33.4 Å². The first-order valence-electron chi connectivity index (χ1n) is 9.78. The number of benzene rings is 1. The van der Waals surface area contributed by atoms with Gasteiger partial charge in [0, 0.05) is 42.8 Å². The summed E-state index contributed by atoms with van der Waals surface area (Å²) in [6.07, 6.45) is 4.56. The number of guanidine groups is 1. The molecule has 0 radical (unpaired) electrons. The highest BCUT2D eigenvalue weighted by Gasteiger charge is 2.03. The zero-order valence-electron chi connectivity index (χ0n) is 16.9. The number of hydrogen-bond donors (Lipinski definition) is 2. The standard InChI is InChI=1S/C22H27N5OS/c1-3-23-22(25-12-10-21-26-14-17(2)29-21)27-15-19-9-11-24-20(13-19)28-16-18-7-5-4-6-8-18/h4-9,11,13-14H,3,10,12,15-16H2,1-2H3,(H2,23,25,27). The summed E-state index contributed by atoms with van der Waals surface area (Å²) < 4.78 is 5.81. The number of ether oxygens (including phenoxy) is 1. The molecule has 6 nitrogen and oxygen atoms in total. The summed E-state index contributed by atoms with van der Waals surface area (Å²) in [6.45, 7) is 6.79. The first-order valence-corrected chi connectivity index (χ1v) is 10.6. The van der Waals surface area contributed by atoms with Gasteiger partial charge in [0.05, 0.1) is 11.6 Å². The molecule has 3 aromatic rings. The van der Waals surface area contributed by atoms with E-state index in [1.165, 1.54) is 4.88 Å². The molecule has 7 heteroatoms. The van der Waals surface area contributed by atoms with Crippen molar-refractivity contribution in [3.8, 4) is 5.88 Å². The third-order valence-corrected chi connectivity index (χ3v) is 5.07. The molecule has 2 aromatic heterocycles. The number of thiazole rings is 1. The van der Waals surface area contributed by atoms with E-state index in [-0.39, 0.29) is 0 Å². The van der Waals surface area contributed by atoms with E-state index >= 15 is 0 Å². The molecule has 0 aliphatic heterocycles. The van der Waals surface area contributed by atoms with Crippen molar-refractivity contribution in [2.75, 3.05) is 13.1 Å². The van der Waals surface area contributed by atoms with Crippen LogP contribution in [0.5, 0.6) is 5.88 Å². The molecule has 152 valence electrons. The third kappa shape index (κ3) is 7.19. The minimum atomic E-state index is 0.501. The number of rotatable bonds is 9. The normalized spacial score (nSPS) is 11.3. The van der Waals surface area contributed by atoms with E-state index in [0.717, 1.165) is 41.6 Å². The molecule has 0 saturated heterocycles. The molecule has 0 unspecified atom stereocenters. The molecule has 29 heavy (non-hydrogen) atoms. The number of hydrogen-bond acceptors (Lipinski definition) is 5. The Hall–Kier alpha value is -2.93.